The first-order valence-corrected chi connectivity index (χ1v) is 10.2. The first-order valence-electron chi connectivity index (χ1n) is 9.40. The van der Waals surface area contributed by atoms with E-state index in [4.69, 9.17) is 4.99 Å². The molecule has 0 unspecified atom stereocenters. The molecule has 144 valence electrons. The maximum absolute atomic E-state index is 13.3. The smallest absolute Gasteiger partial charge is 0.251 e. The van der Waals surface area contributed by atoms with Gasteiger partial charge in [-0.2, -0.15) is 0 Å². The fraction of sp³-hybridized carbons (Fsp3) is 0.125. The van der Waals surface area contributed by atoms with Crippen molar-refractivity contribution in [3.8, 4) is 0 Å². The summed E-state index contributed by atoms with van der Waals surface area (Å²) in [6, 6.07) is 27.6. The Hall–Kier alpha value is -3.18. The summed E-state index contributed by atoms with van der Waals surface area (Å²) in [5, 5.41) is 3.57. The zero-order valence-electron chi connectivity index (χ0n) is 15.9. The zero-order valence-corrected chi connectivity index (χ0v) is 16.7. The molecule has 1 aliphatic heterocycles. The number of benzene rings is 3. The second-order valence-electron chi connectivity index (χ2n) is 6.87. The van der Waals surface area contributed by atoms with Crippen LogP contribution in [0.5, 0.6) is 0 Å². The van der Waals surface area contributed by atoms with Crippen molar-refractivity contribution < 1.29 is 9.59 Å². The molecular weight excluding hydrogens is 380 g/mol. The first-order chi connectivity index (χ1) is 14.1. The summed E-state index contributed by atoms with van der Waals surface area (Å²) < 4.78 is 0. The number of nitrogens with one attached hydrogen (secondary N) is 1. The van der Waals surface area contributed by atoms with Crippen LogP contribution < -0.4 is 5.32 Å². The number of amides is 1. The number of hydrogen-bond acceptors (Lipinski definition) is 4. The predicted octanol–water partition coefficient (Wildman–Crippen LogP) is 4.42. The van der Waals surface area contributed by atoms with Crippen LogP contribution in [0.4, 0.5) is 0 Å². The van der Waals surface area contributed by atoms with Crippen LogP contribution in [0, 0.1) is 0 Å². The number of hydrogen-bond donors (Lipinski definition) is 1. The van der Waals surface area contributed by atoms with E-state index in [1.165, 1.54) is 0 Å². The Morgan fingerprint density at radius 2 is 1.45 bits per heavy atom. The van der Waals surface area contributed by atoms with Crippen LogP contribution in [0.1, 0.15) is 28.4 Å². The van der Waals surface area contributed by atoms with Crippen molar-refractivity contribution in [2.45, 2.75) is 18.5 Å². The summed E-state index contributed by atoms with van der Waals surface area (Å²) in [4.78, 5) is 31.0. The average molecular weight is 401 g/mol. The molecular formula is C24H20N2O2S. The van der Waals surface area contributed by atoms with Gasteiger partial charge in [-0.1, -0.05) is 78.9 Å². The second kappa shape index (κ2) is 8.05. The van der Waals surface area contributed by atoms with E-state index in [0.29, 0.717) is 10.6 Å². The molecule has 1 N–H and O–H groups in total. The van der Waals surface area contributed by atoms with Gasteiger partial charge in [-0.25, -0.2) is 0 Å². The minimum absolute atomic E-state index is 0.0941. The third kappa shape index (κ3) is 3.61. The zero-order chi connectivity index (χ0) is 20.3. The Morgan fingerprint density at radius 3 is 2.07 bits per heavy atom. The molecule has 1 heterocycles. The van der Waals surface area contributed by atoms with E-state index in [9.17, 15) is 9.59 Å². The highest BCUT2D eigenvalue weighted by Crippen LogP contribution is 2.42. The van der Waals surface area contributed by atoms with Crippen LogP contribution in [0.25, 0.3) is 0 Å². The van der Waals surface area contributed by atoms with Gasteiger partial charge in [0, 0.05) is 11.1 Å². The Morgan fingerprint density at radius 1 is 0.897 bits per heavy atom. The average Bonchev–Trinajstić information content (AvgIpc) is 3.14. The monoisotopic (exact) mass is 400 g/mol. The molecule has 3 aromatic rings. The molecule has 0 spiro atoms. The molecule has 4 nitrogen and oxygen atoms in total. The molecule has 0 fully saturated rings. The molecule has 2 atom stereocenters. The Kier molecular flexibility index (Phi) is 5.32. The lowest BCUT2D eigenvalue weighted by molar-refractivity contribution is -0.116. The lowest BCUT2D eigenvalue weighted by Crippen LogP contribution is -2.50. The third-order valence-corrected chi connectivity index (χ3v) is 6.04. The number of rotatable bonds is 5. The van der Waals surface area contributed by atoms with Crippen LogP contribution in [-0.4, -0.2) is 22.1 Å². The fourth-order valence-corrected chi connectivity index (χ4v) is 4.59. The van der Waals surface area contributed by atoms with Gasteiger partial charge in [-0.3, -0.25) is 14.6 Å². The summed E-state index contributed by atoms with van der Waals surface area (Å²) in [6.45, 7) is 1.84. The van der Waals surface area contributed by atoms with E-state index in [1.807, 2.05) is 85.8 Å². The maximum atomic E-state index is 13.3. The Labute approximate surface area is 174 Å². The molecule has 0 bridgehead atoms. The minimum Gasteiger partial charge on any atom is -0.346 e. The van der Waals surface area contributed by atoms with E-state index < -0.39 is 11.6 Å². The van der Waals surface area contributed by atoms with E-state index >= 15 is 0 Å². The predicted molar refractivity (Wildman–Crippen MR) is 117 cm³/mol. The summed E-state index contributed by atoms with van der Waals surface area (Å²) in [7, 11) is 0. The van der Waals surface area contributed by atoms with E-state index in [2.05, 4.69) is 5.32 Å². The summed E-state index contributed by atoms with van der Waals surface area (Å²) in [6.07, 6.45) is 0. The number of aliphatic imine (C=N–C) groups is 1. The lowest BCUT2D eigenvalue weighted by Gasteiger charge is -2.31. The van der Waals surface area contributed by atoms with Crippen molar-refractivity contribution in [1.29, 1.82) is 0 Å². The van der Waals surface area contributed by atoms with Gasteiger partial charge in [-0.05, 0) is 36.4 Å². The first kappa shape index (κ1) is 19.2. The van der Waals surface area contributed by atoms with Gasteiger partial charge in [0.25, 0.3) is 5.91 Å². The molecule has 3 aromatic carbocycles. The fourth-order valence-electron chi connectivity index (χ4n) is 3.47. The van der Waals surface area contributed by atoms with Crippen LogP contribution in [0.15, 0.2) is 96.0 Å². The van der Waals surface area contributed by atoms with Crippen molar-refractivity contribution in [1.82, 2.24) is 5.32 Å². The van der Waals surface area contributed by atoms with E-state index in [-0.39, 0.29) is 11.0 Å². The molecule has 1 amide bonds. The van der Waals surface area contributed by atoms with Gasteiger partial charge < -0.3 is 5.32 Å². The van der Waals surface area contributed by atoms with Gasteiger partial charge >= 0.3 is 0 Å². The maximum Gasteiger partial charge on any atom is 0.251 e. The molecule has 0 saturated heterocycles. The van der Waals surface area contributed by atoms with Crippen molar-refractivity contribution >= 4 is 27.8 Å². The summed E-state index contributed by atoms with van der Waals surface area (Å²) >= 11 is 1.13. The van der Waals surface area contributed by atoms with Crippen molar-refractivity contribution in [2.24, 2.45) is 4.99 Å². The molecule has 0 saturated carbocycles. The normalized spacial score (nSPS) is 19.5. The largest absolute Gasteiger partial charge is 0.346 e. The SMILES string of the molecule is C[C@H](NC(=O)c1ccccc1)[C@]1(c2ccccc2)N=C(c2ccccc2)SC1=O. The van der Waals surface area contributed by atoms with Gasteiger partial charge in [0.1, 0.15) is 5.04 Å². The number of carbonyl (C=O) groups excluding carboxylic acids is 2. The third-order valence-electron chi connectivity index (χ3n) is 5.02. The van der Waals surface area contributed by atoms with Gasteiger partial charge in [-0.15, -0.1) is 0 Å². The number of carbonyl (C=O) groups is 2. The molecule has 4 rings (SSSR count). The summed E-state index contributed by atoms with van der Waals surface area (Å²) in [5.41, 5.74) is 1.03. The number of nitrogens with zero attached hydrogens (tertiary/aromatic N) is 1. The molecule has 29 heavy (non-hydrogen) atoms. The molecule has 0 radical (unpaired) electrons. The van der Waals surface area contributed by atoms with Crippen LogP contribution in [-0.2, 0) is 10.3 Å². The number of thioether (sulfide) groups is 1. The molecule has 5 heteroatoms. The van der Waals surface area contributed by atoms with Crippen molar-refractivity contribution in [2.75, 3.05) is 0 Å². The van der Waals surface area contributed by atoms with Crippen LogP contribution in [0.3, 0.4) is 0 Å². The van der Waals surface area contributed by atoms with Gasteiger partial charge in [0.2, 0.25) is 5.12 Å². The minimum atomic E-state index is -1.18. The van der Waals surface area contributed by atoms with Crippen LogP contribution >= 0.6 is 11.8 Å². The standard InChI is InChI=1S/C24H20N2O2S/c1-17(25-21(27)18-11-5-2-6-12-18)24(20-15-9-4-10-16-20)23(28)29-22(26-24)19-13-7-3-8-14-19/h2-17H,1H3,(H,25,27)/t17-,24+/m0/s1. The second-order valence-corrected chi connectivity index (χ2v) is 7.83. The Bertz CT molecular complexity index is 1050. The topological polar surface area (TPSA) is 58.5 Å². The van der Waals surface area contributed by atoms with E-state index in [0.717, 1.165) is 22.9 Å². The van der Waals surface area contributed by atoms with Gasteiger partial charge in [0.15, 0.2) is 5.54 Å². The molecule has 1 aliphatic rings. The van der Waals surface area contributed by atoms with Crippen LogP contribution in [0.2, 0.25) is 0 Å². The Balaban J connectivity index is 1.75. The molecule has 0 aromatic heterocycles. The lowest BCUT2D eigenvalue weighted by atomic mass is 9.84. The highest BCUT2D eigenvalue weighted by Gasteiger charge is 2.50. The highest BCUT2D eigenvalue weighted by molar-refractivity contribution is 8.27. The van der Waals surface area contributed by atoms with E-state index in [1.54, 1.807) is 12.1 Å². The summed E-state index contributed by atoms with van der Waals surface area (Å²) in [5.74, 6) is -0.227. The molecule has 0 aliphatic carbocycles. The van der Waals surface area contributed by atoms with Crippen molar-refractivity contribution in [3.63, 3.8) is 0 Å². The van der Waals surface area contributed by atoms with Crippen molar-refractivity contribution in [3.05, 3.63) is 108 Å². The highest BCUT2D eigenvalue weighted by atomic mass is 32.2. The van der Waals surface area contributed by atoms with Gasteiger partial charge in [0.05, 0.1) is 6.04 Å². The quantitative estimate of drug-likeness (QED) is 0.690.